The van der Waals surface area contributed by atoms with Crippen LogP contribution in [0.1, 0.15) is 23.2 Å². The molecular weight excluding hydrogens is 566 g/mol. The molecule has 0 radical (unpaired) electrons. The first-order valence-corrected chi connectivity index (χ1v) is 10.1. The second kappa shape index (κ2) is 6.79. The number of benzene rings is 1. The van der Waals surface area contributed by atoms with E-state index in [1.54, 1.807) is 6.21 Å². The molecule has 3 aromatic rings. The van der Waals surface area contributed by atoms with E-state index in [0.29, 0.717) is 16.2 Å². The van der Waals surface area contributed by atoms with E-state index in [-0.39, 0.29) is 5.75 Å². The Bertz CT molecular complexity index is 1050. The number of H-pyrrole nitrogens is 2. The number of aromatic nitrogens is 5. The van der Waals surface area contributed by atoms with E-state index < -0.39 is 0 Å². The van der Waals surface area contributed by atoms with E-state index in [4.69, 9.17) is 12.2 Å². The van der Waals surface area contributed by atoms with Crippen LogP contribution in [0.3, 0.4) is 0 Å². The maximum Gasteiger partial charge on any atom is 0.216 e. The number of hydrogen-bond donors (Lipinski definition) is 3. The molecule has 0 saturated heterocycles. The van der Waals surface area contributed by atoms with Crippen molar-refractivity contribution < 1.29 is 5.11 Å². The van der Waals surface area contributed by atoms with Crippen LogP contribution in [0.25, 0.3) is 11.5 Å². The Morgan fingerprint density at radius 3 is 2.92 bits per heavy atom. The summed E-state index contributed by atoms with van der Waals surface area (Å²) in [7, 11) is 0. The minimum atomic E-state index is 0.196. The molecule has 0 spiro atoms. The minimum Gasteiger partial charge on any atom is -0.506 e. The highest BCUT2D eigenvalue weighted by atomic mass is 127. The summed E-state index contributed by atoms with van der Waals surface area (Å²) >= 11 is 9.60. The summed E-state index contributed by atoms with van der Waals surface area (Å²) in [6, 6.07) is 3.76. The zero-order valence-electron chi connectivity index (χ0n) is 12.8. The molecular formula is C15H12I2N6OS. The maximum absolute atomic E-state index is 10.2. The lowest BCUT2D eigenvalue weighted by Gasteiger charge is -2.03. The maximum atomic E-state index is 10.2. The number of aryl methyl sites for hydroxylation is 1. The van der Waals surface area contributed by atoms with Crippen molar-refractivity contribution in [2.45, 2.75) is 19.3 Å². The van der Waals surface area contributed by atoms with Gasteiger partial charge in [-0.05, 0) is 88.8 Å². The first-order chi connectivity index (χ1) is 12.0. The van der Waals surface area contributed by atoms with Gasteiger partial charge < -0.3 is 5.11 Å². The van der Waals surface area contributed by atoms with Gasteiger partial charge in [0.1, 0.15) is 11.4 Å². The van der Waals surface area contributed by atoms with Crippen molar-refractivity contribution in [2.24, 2.45) is 5.10 Å². The second-order valence-corrected chi connectivity index (χ2v) is 8.41. The van der Waals surface area contributed by atoms with Crippen molar-refractivity contribution in [3.8, 4) is 17.3 Å². The third kappa shape index (κ3) is 3.14. The van der Waals surface area contributed by atoms with Gasteiger partial charge in [0.05, 0.1) is 9.78 Å². The largest absolute Gasteiger partial charge is 0.506 e. The van der Waals surface area contributed by atoms with Gasteiger partial charge in [-0.2, -0.15) is 20.0 Å². The van der Waals surface area contributed by atoms with Crippen LogP contribution in [-0.4, -0.2) is 36.4 Å². The number of rotatable bonds is 3. The highest BCUT2D eigenvalue weighted by Crippen LogP contribution is 2.29. The van der Waals surface area contributed by atoms with Gasteiger partial charge in [0, 0.05) is 20.4 Å². The van der Waals surface area contributed by atoms with Gasteiger partial charge in [-0.3, -0.25) is 5.10 Å². The normalized spacial score (nSPS) is 13.7. The molecule has 2 heterocycles. The van der Waals surface area contributed by atoms with E-state index in [2.05, 4.69) is 70.7 Å². The SMILES string of the molecule is Oc1c(I)cc(I)cc1C=Nn1c(-c2n[nH]c3c2CCC3)n[nH]c1=S. The molecule has 4 rings (SSSR count). The number of phenols is 1. The average Bonchev–Trinajstić information content (AvgIpc) is 3.25. The second-order valence-electron chi connectivity index (χ2n) is 5.62. The molecule has 0 atom stereocenters. The molecule has 7 nitrogen and oxygen atoms in total. The van der Waals surface area contributed by atoms with Crippen LogP contribution in [0.15, 0.2) is 17.2 Å². The predicted molar refractivity (Wildman–Crippen MR) is 114 cm³/mol. The highest BCUT2D eigenvalue weighted by molar-refractivity contribution is 14.1. The summed E-state index contributed by atoms with van der Waals surface area (Å²) in [6.45, 7) is 0. The number of aromatic amines is 2. The molecule has 1 aliphatic rings. The molecule has 1 aliphatic carbocycles. The molecule has 0 bridgehead atoms. The van der Waals surface area contributed by atoms with Gasteiger partial charge in [-0.15, -0.1) is 0 Å². The molecule has 10 heteroatoms. The van der Waals surface area contributed by atoms with Gasteiger partial charge in [0.25, 0.3) is 0 Å². The molecule has 3 N–H and O–H groups in total. The van der Waals surface area contributed by atoms with Gasteiger partial charge in [-0.25, -0.2) is 5.10 Å². The third-order valence-corrected chi connectivity index (χ3v) is 5.75. The van der Waals surface area contributed by atoms with Crippen molar-refractivity contribution in [1.29, 1.82) is 0 Å². The third-order valence-electron chi connectivity index (χ3n) is 4.04. The van der Waals surface area contributed by atoms with Crippen molar-refractivity contribution in [3.63, 3.8) is 0 Å². The van der Waals surface area contributed by atoms with Gasteiger partial charge in [0.2, 0.25) is 10.6 Å². The van der Waals surface area contributed by atoms with E-state index in [1.807, 2.05) is 12.1 Å². The van der Waals surface area contributed by atoms with Gasteiger partial charge >= 0.3 is 0 Å². The number of nitrogens with one attached hydrogen (secondary N) is 2. The Morgan fingerprint density at radius 1 is 1.24 bits per heavy atom. The molecule has 0 amide bonds. The summed E-state index contributed by atoms with van der Waals surface area (Å²) in [4.78, 5) is 0. The Labute approximate surface area is 175 Å². The fraction of sp³-hybridized carbons (Fsp3) is 0.200. The predicted octanol–water partition coefficient (Wildman–Crippen LogP) is 3.62. The molecule has 2 aromatic heterocycles. The molecule has 25 heavy (non-hydrogen) atoms. The van der Waals surface area contributed by atoms with E-state index in [9.17, 15) is 5.11 Å². The van der Waals surface area contributed by atoms with E-state index in [0.717, 1.165) is 37.8 Å². The number of phenolic OH excluding ortho intramolecular Hbond substituents is 1. The first-order valence-electron chi connectivity index (χ1n) is 7.51. The number of fused-ring (bicyclic) bond motifs is 1. The van der Waals surface area contributed by atoms with Crippen molar-refractivity contribution in [1.82, 2.24) is 25.1 Å². The number of halogens is 2. The fourth-order valence-electron chi connectivity index (χ4n) is 2.86. The Morgan fingerprint density at radius 2 is 2.08 bits per heavy atom. The van der Waals surface area contributed by atoms with Crippen LogP contribution in [-0.2, 0) is 12.8 Å². The zero-order chi connectivity index (χ0) is 17.6. The van der Waals surface area contributed by atoms with E-state index >= 15 is 0 Å². The Hall–Kier alpha value is -1.28. The highest BCUT2D eigenvalue weighted by Gasteiger charge is 2.23. The first kappa shape index (κ1) is 17.1. The van der Waals surface area contributed by atoms with Crippen LogP contribution in [0.2, 0.25) is 0 Å². The van der Waals surface area contributed by atoms with Crippen LogP contribution in [0, 0.1) is 11.9 Å². The lowest BCUT2D eigenvalue weighted by atomic mass is 10.2. The minimum absolute atomic E-state index is 0.196. The Balaban J connectivity index is 1.77. The smallest absolute Gasteiger partial charge is 0.216 e. The monoisotopic (exact) mass is 578 g/mol. The van der Waals surface area contributed by atoms with Crippen molar-refractivity contribution >= 4 is 63.6 Å². The molecule has 128 valence electrons. The number of aromatic hydroxyl groups is 1. The summed E-state index contributed by atoms with van der Waals surface area (Å²) in [5.74, 6) is 0.766. The standard InChI is InChI=1S/C15H12I2N6OS/c16-8-4-7(13(24)10(17)5-8)6-18-23-14(21-22-15(23)25)12-9-2-1-3-11(9)19-20-12/h4-6,24H,1-3H2,(H,19,20)(H,22,25). The van der Waals surface area contributed by atoms with Crippen LogP contribution >= 0.6 is 57.4 Å². The van der Waals surface area contributed by atoms with E-state index in [1.165, 1.54) is 10.2 Å². The number of nitrogens with zero attached hydrogens (tertiary/aromatic N) is 4. The lowest BCUT2D eigenvalue weighted by Crippen LogP contribution is -1.98. The summed E-state index contributed by atoms with van der Waals surface area (Å²) in [5, 5.41) is 29.2. The van der Waals surface area contributed by atoms with Gasteiger partial charge in [-0.1, -0.05) is 0 Å². The van der Waals surface area contributed by atoms with Crippen LogP contribution in [0.5, 0.6) is 5.75 Å². The fourth-order valence-corrected chi connectivity index (χ4v) is 4.93. The zero-order valence-corrected chi connectivity index (χ0v) is 17.9. The quantitative estimate of drug-likeness (QED) is 0.252. The number of hydrogen-bond acceptors (Lipinski definition) is 5. The molecule has 0 fully saturated rings. The molecule has 1 aromatic carbocycles. The summed E-state index contributed by atoms with van der Waals surface area (Å²) in [6.07, 6.45) is 4.67. The lowest BCUT2D eigenvalue weighted by molar-refractivity contribution is 0.470. The van der Waals surface area contributed by atoms with Crippen molar-refractivity contribution in [3.05, 3.63) is 40.9 Å². The topological polar surface area (TPSA) is 94.9 Å². The molecule has 0 saturated carbocycles. The van der Waals surface area contributed by atoms with Gasteiger partial charge in [0.15, 0.2) is 0 Å². The van der Waals surface area contributed by atoms with Crippen molar-refractivity contribution in [2.75, 3.05) is 0 Å². The molecule has 0 aliphatic heterocycles. The summed E-state index contributed by atoms with van der Waals surface area (Å²) in [5.41, 5.74) is 3.73. The molecule has 0 unspecified atom stereocenters. The van der Waals surface area contributed by atoms with Crippen LogP contribution in [0.4, 0.5) is 0 Å². The average molecular weight is 578 g/mol. The van der Waals surface area contributed by atoms with Crippen LogP contribution < -0.4 is 0 Å². The summed E-state index contributed by atoms with van der Waals surface area (Å²) < 4.78 is 3.70. The Kier molecular flexibility index (Phi) is 4.66.